The average molecular weight is 454 g/mol. The van der Waals surface area contributed by atoms with E-state index < -0.39 is 0 Å². The fourth-order valence-corrected chi connectivity index (χ4v) is 4.70. The molecular weight excluding hydrogens is 426 g/mol. The van der Waals surface area contributed by atoms with Crippen LogP contribution in [0.5, 0.6) is 5.75 Å². The van der Waals surface area contributed by atoms with Gasteiger partial charge in [0.15, 0.2) is 17.4 Å². The minimum atomic E-state index is -0.00804. The van der Waals surface area contributed by atoms with Gasteiger partial charge in [0.1, 0.15) is 9.97 Å². The van der Waals surface area contributed by atoms with Gasteiger partial charge in [-0.3, -0.25) is 0 Å². The van der Waals surface area contributed by atoms with Crippen molar-refractivity contribution in [3.8, 4) is 5.75 Å². The molecule has 0 saturated heterocycles. The molecule has 3 rings (SSSR count). The van der Waals surface area contributed by atoms with Gasteiger partial charge in [0, 0.05) is 10.9 Å². The fourth-order valence-electron chi connectivity index (χ4n) is 2.23. The number of thiophene rings is 1. The van der Waals surface area contributed by atoms with Crippen molar-refractivity contribution >= 4 is 52.3 Å². The SMILES string of the molecule is CC(C)c1coc(CNc2nsnc2Nc2csc(SN(C)C(C)(C)C)c2O)c1. The number of aromatic hydroxyl groups is 1. The first-order valence-electron chi connectivity index (χ1n) is 9.28. The number of anilines is 3. The highest BCUT2D eigenvalue weighted by molar-refractivity contribution is 7.99. The zero-order valence-corrected chi connectivity index (χ0v) is 19.9. The lowest BCUT2D eigenvalue weighted by molar-refractivity contribution is 0.319. The van der Waals surface area contributed by atoms with Crippen LogP contribution in [0.4, 0.5) is 17.3 Å². The minimum absolute atomic E-state index is 0.00804. The Balaban J connectivity index is 1.65. The van der Waals surface area contributed by atoms with Gasteiger partial charge in [-0.25, -0.2) is 4.31 Å². The van der Waals surface area contributed by atoms with Gasteiger partial charge in [0.2, 0.25) is 0 Å². The summed E-state index contributed by atoms with van der Waals surface area (Å²) < 4.78 is 17.2. The highest BCUT2D eigenvalue weighted by Gasteiger charge is 2.22. The molecule has 0 aliphatic carbocycles. The molecule has 0 saturated carbocycles. The fraction of sp³-hybridized carbons (Fsp3) is 0.474. The summed E-state index contributed by atoms with van der Waals surface area (Å²) in [6.07, 6.45) is 1.79. The van der Waals surface area contributed by atoms with Crippen molar-refractivity contribution in [3.05, 3.63) is 29.0 Å². The number of furan rings is 1. The molecule has 0 bridgehead atoms. The third-order valence-corrected chi connectivity index (χ3v) is 7.39. The smallest absolute Gasteiger partial charge is 0.188 e. The van der Waals surface area contributed by atoms with Crippen molar-refractivity contribution in [1.29, 1.82) is 0 Å². The zero-order valence-electron chi connectivity index (χ0n) is 17.4. The Kier molecular flexibility index (Phi) is 6.77. The minimum Gasteiger partial charge on any atom is -0.504 e. The van der Waals surface area contributed by atoms with Gasteiger partial charge in [-0.2, -0.15) is 8.75 Å². The monoisotopic (exact) mass is 453 g/mol. The summed E-state index contributed by atoms with van der Waals surface area (Å²) in [5.41, 5.74) is 1.78. The van der Waals surface area contributed by atoms with Gasteiger partial charge in [0.25, 0.3) is 0 Å². The molecule has 0 radical (unpaired) electrons. The Bertz CT molecular complexity index is 942. The van der Waals surface area contributed by atoms with E-state index in [1.165, 1.54) is 28.8 Å². The zero-order chi connectivity index (χ0) is 21.2. The van der Waals surface area contributed by atoms with Crippen LogP contribution in [-0.4, -0.2) is 30.7 Å². The lowest BCUT2D eigenvalue weighted by atomic mass is 10.1. The molecule has 3 aromatic heterocycles. The first-order valence-corrected chi connectivity index (χ1v) is 11.7. The maximum atomic E-state index is 10.6. The summed E-state index contributed by atoms with van der Waals surface area (Å²) in [7, 11) is 2.02. The van der Waals surface area contributed by atoms with Crippen molar-refractivity contribution < 1.29 is 9.52 Å². The largest absolute Gasteiger partial charge is 0.504 e. The molecule has 3 heterocycles. The maximum Gasteiger partial charge on any atom is 0.188 e. The summed E-state index contributed by atoms with van der Waals surface area (Å²) in [6, 6.07) is 2.05. The maximum absolute atomic E-state index is 10.6. The van der Waals surface area contributed by atoms with E-state index in [0.717, 1.165) is 21.7 Å². The Morgan fingerprint density at radius 3 is 2.66 bits per heavy atom. The van der Waals surface area contributed by atoms with Crippen LogP contribution in [0.15, 0.2) is 26.3 Å². The van der Waals surface area contributed by atoms with Crippen LogP contribution in [0, 0.1) is 0 Å². The normalized spacial score (nSPS) is 12.1. The van der Waals surface area contributed by atoms with Gasteiger partial charge >= 0.3 is 0 Å². The summed E-state index contributed by atoms with van der Waals surface area (Å²) in [5.74, 6) is 2.71. The van der Waals surface area contributed by atoms with E-state index in [0.29, 0.717) is 29.8 Å². The van der Waals surface area contributed by atoms with Crippen LogP contribution in [0.3, 0.4) is 0 Å². The van der Waals surface area contributed by atoms with Crippen molar-refractivity contribution in [2.24, 2.45) is 0 Å². The Morgan fingerprint density at radius 1 is 1.28 bits per heavy atom. The predicted molar refractivity (Wildman–Crippen MR) is 123 cm³/mol. The molecule has 0 aliphatic rings. The van der Waals surface area contributed by atoms with Gasteiger partial charge in [0.05, 0.1) is 30.2 Å². The van der Waals surface area contributed by atoms with Crippen LogP contribution in [0.25, 0.3) is 0 Å². The molecule has 0 amide bonds. The molecule has 29 heavy (non-hydrogen) atoms. The molecule has 3 aromatic rings. The molecular formula is C19H27N5O2S3. The first-order chi connectivity index (χ1) is 13.6. The van der Waals surface area contributed by atoms with Crippen molar-refractivity contribution in [3.63, 3.8) is 0 Å². The highest BCUT2D eigenvalue weighted by Crippen LogP contribution is 2.44. The second-order valence-corrected chi connectivity index (χ2v) is 10.8. The molecule has 158 valence electrons. The van der Waals surface area contributed by atoms with Crippen LogP contribution < -0.4 is 10.6 Å². The van der Waals surface area contributed by atoms with Gasteiger partial charge in [-0.15, -0.1) is 11.3 Å². The molecule has 0 unspecified atom stereocenters. The Morgan fingerprint density at radius 2 is 2.00 bits per heavy atom. The number of hydrogen-bond donors (Lipinski definition) is 3. The lowest BCUT2D eigenvalue weighted by Crippen LogP contribution is -2.32. The van der Waals surface area contributed by atoms with Gasteiger partial charge in [-0.1, -0.05) is 13.8 Å². The van der Waals surface area contributed by atoms with Crippen molar-refractivity contribution in [2.45, 2.75) is 56.8 Å². The van der Waals surface area contributed by atoms with E-state index >= 15 is 0 Å². The molecule has 3 N–H and O–H groups in total. The quantitative estimate of drug-likeness (QED) is 0.352. The molecule has 0 atom stereocenters. The van der Waals surface area contributed by atoms with Crippen LogP contribution in [0.1, 0.15) is 51.9 Å². The second kappa shape index (κ2) is 8.95. The molecule has 0 fully saturated rings. The molecule has 10 heteroatoms. The van der Waals surface area contributed by atoms with E-state index in [2.05, 4.69) is 58.3 Å². The Labute approximate surface area is 184 Å². The number of aromatic nitrogens is 2. The molecule has 0 spiro atoms. The number of nitrogens with zero attached hydrogens (tertiary/aromatic N) is 3. The average Bonchev–Trinajstić information content (AvgIpc) is 3.36. The third-order valence-electron chi connectivity index (χ3n) is 4.41. The summed E-state index contributed by atoms with van der Waals surface area (Å²) in [6.45, 7) is 11.2. The molecule has 0 aliphatic heterocycles. The molecule has 0 aromatic carbocycles. The number of hydrogen-bond acceptors (Lipinski definition) is 10. The second-order valence-electron chi connectivity index (χ2n) is 7.99. The number of nitrogens with one attached hydrogen (secondary N) is 2. The topological polar surface area (TPSA) is 86.5 Å². The summed E-state index contributed by atoms with van der Waals surface area (Å²) >= 11 is 4.13. The third kappa shape index (κ3) is 5.44. The summed E-state index contributed by atoms with van der Waals surface area (Å²) in [5, 5.41) is 18.9. The van der Waals surface area contributed by atoms with Crippen LogP contribution in [-0.2, 0) is 6.54 Å². The first kappa shape index (κ1) is 21.9. The van der Waals surface area contributed by atoms with Crippen molar-refractivity contribution in [1.82, 2.24) is 13.1 Å². The van der Waals surface area contributed by atoms with E-state index in [1.807, 2.05) is 18.5 Å². The van der Waals surface area contributed by atoms with Crippen LogP contribution in [0.2, 0.25) is 0 Å². The predicted octanol–water partition coefficient (Wildman–Crippen LogP) is 6.11. The standard InChI is InChI=1S/C19H27N5O2S3/c1-11(2)12-7-13(26-9-12)8-20-16-17(23-29-22-16)21-14-10-27-18(15(14)25)28-24(6)19(3,4)5/h7,9-11,25H,8H2,1-6H3,(H,20,22)(H,21,23). The lowest BCUT2D eigenvalue weighted by Gasteiger charge is -2.29. The summed E-state index contributed by atoms with van der Waals surface area (Å²) in [4.78, 5) is 0. The highest BCUT2D eigenvalue weighted by atomic mass is 32.2. The molecule has 7 nitrogen and oxygen atoms in total. The van der Waals surface area contributed by atoms with Gasteiger partial charge in [-0.05, 0) is 57.3 Å². The number of rotatable bonds is 8. The van der Waals surface area contributed by atoms with E-state index in [9.17, 15) is 5.11 Å². The Hall–Kier alpha value is -1.75. The van der Waals surface area contributed by atoms with E-state index in [-0.39, 0.29) is 11.3 Å². The van der Waals surface area contributed by atoms with Crippen molar-refractivity contribution in [2.75, 3.05) is 17.7 Å². The van der Waals surface area contributed by atoms with Crippen LogP contribution >= 0.6 is 35.0 Å². The van der Waals surface area contributed by atoms with Gasteiger partial charge < -0.3 is 20.2 Å². The van der Waals surface area contributed by atoms with E-state index in [1.54, 1.807) is 6.26 Å². The van der Waals surface area contributed by atoms with E-state index in [4.69, 9.17) is 4.42 Å².